The van der Waals surface area contributed by atoms with E-state index in [4.69, 9.17) is 0 Å². The molecule has 1 aromatic rings. The van der Waals surface area contributed by atoms with E-state index in [0.717, 1.165) is 17.7 Å². The fraction of sp³-hybridized carbons (Fsp3) is 0.500. The van der Waals surface area contributed by atoms with Gasteiger partial charge in [0.2, 0.25) is 5.91 Å². The quantitative estimate of drug-likeness (QED) is 0.855. The fourth-order valence-electron chi connectivity index (χ4n) is 3.12. The molecular weight excluding hydrogens is 276 g/mol. The zero-order chi connectivity index (χ0) is 14.3. The Morgan fingerprint density at radius 2 is 2.05 bits per heavy atom. The van der Waals surface area contributed by atoms with E-state index in [1.54, 1.807) is 4.90 Å². The third-order valence-electron chi connectivity index (χ3n) is 4.07. The first kappa shape index (κ1) is 13.6. The number of carbonyl (C=O) groups excluding carboxylic acids is 1. The van der Waals surface area contributed by atoms with E-state index < -0.39 is 9.84 Å². The van der Waals surface area contributed by atoms with Crippen molar-refractivity contribution in [1.82, 2.24) is 5.32 Å². The highest BCUT2D eigenvalue weighted by molar-refractivity contribution is 7.91. The monoisotopic (exact) mass is 294 g/mol. The average molecular weight is 294 g/mol. The molecule has 3 rings (SSSR count). The van der Waals surface area contributed by atoms with Crippen LogP contribution in [0.4, 0.5) is 5.69 Å². The number of amides is 1. The summed E-state index contributed by atoms with van der Waals surface area (Å²) in [5.74, 6) is 0.119. The van der Waals surface area contributed by atoms with Gasteiger partial charge in [0.1, 0.15) is 0 Å². The molecule has 2 atom stereocenters. The molecule has 2 saturated heterocycles. The van der Waals surface area contributed by atoms with E-state index in [0.29, 0.717) is 0 Å². The van der Waals surface area contributed by atoms with E-state index in [1.165, 1.54) is 0 Å². The van der Waals surface area contributed by atoms with Crippen LogP contribution in [0.5, 0.6) is 0 Å². The van der Waals surface area contributed by atoms with Gasteiger partial charge >= 0.3 is 0 Å². The van der Waals surface area contributed by atoms with Gasteiger partial charge in [0.25, 0.3) is 0 Å². The Kier molecular flexibility index (Phi) is 3.30. The summed E-state index contributed by atoms with van der Waals surface area (Å²) in [6, 6.07) is 7.30. The number of fused-ring (bicyclic) bond motifs is 1. The average Bonchev–Trinajstić information content (AvgIpc) is 2.73. The van der Waals surface area contributed by atoms with Gasteiger partial charge in [-0.25, -0.2) is 8.42 Å². The number of benzene rings is 1. The minimum Gasteiger partial charge on any atom is -0.305 e. The molecule has 1 N–H and O–H groups in total. The van der Waals surface area contributed by atoms with Crippen LogP contribution in [-0.2, 0) is 21.1 Å². The van der Waals surface area contributed by atoms with Crippen molar-refractivity contribution in [2.45, 2.75) is 25.4 Å². The van der Waals surface area contributed by atoms with Gasteiger partial charge in [-0.1, -0.05) is 25.1 Å². The summed E-state index contributed by atoms with van der Waals surface area (Å²) in [7, 11) is -3.07. The lowest BCUT2D eigenvalue weighted by molar-refractivity contribution is -0.119. The molecule has 1 aromatic carbocycles. The summed E-state index contributed by atoms with van der Waals surface area (Å²) in [6.45, 7) is 2.24. The van der Waals surface area contributed by atoms with Gasteiger partial charge in [0, 0.05) is 11.7 Å². The van der Waals surface area contributed by atoms with Crippen LogP contribution in [0.2, 0.25) is 0 Å². The minimum absolute atomic E-state index is 0.0501. The number of nitrogens with one attached hydrogen (secondary N) is 1. The number of hydrogen-bond donors (Lipinski definition) is 1. The van der Waals surface area contributed by atoms with Crippen LogP contribution in [0, 0.1) is 0 Å². The molecule has 20 heavy (non-hydrogen) atoms. The second-order valence-corrected chi connectivity index (χ2v) is 7.53. The molecule has 0 saturated carbocycles. The lowest BCUT2D eigenvalue weighted by Gasteiger charge is -2.38. The molecule has 0 bridgehead atoms. The Bertz CT molecular complexity index is 642. The summed E-state index contributed by atoms with van der Waals surface area (Å²) in [5, 5.41) is 3.05. The van der Waals surface area contributed by atoms with Gasteiger partial charge < -0.3 is 10.2 Å². The number of rotatable bonds is 2. The number of para-hydroxylation sites is 1. The normalized spacial score (nSPS) is 28.4. The van der Waals surface area contributed by atoms with Crippen molar-refractivity contribution in [3.8, 4) is 0 Å². The van der Waals surface area contributed by atoms with Gasteiger partial charge in [-0.05, 0) is 18.1 Å². The van der Waals surface area contributed by atoms with E-state index in [-0.39, 0.29) is 36.0 Å². The Morgan fingerprint density at radius 1 is 1.30 bits per heavy atom. The molecule has 1 amide bonds. The minimum atomic E-state index is -3.07. The first-order valence-electron chi connectivity index (χ1n) is 6.85. The Labute approximate surface area is 118 Å². The van der Waals surface area contributed by atoms with Crippen LogP contribution in [0.25, 0.3) is 0 Å². The van der Waals surface area contributed by atoms with Crippen molar-refractivity contribution in [1.29, 1.82) is 0 Å². The SMILES string of the molecule is CCc1ccccc1N1C(=O)CNC2CS(=O)(=O)CC21. The zero-order valence-electron chi connectivity index (χ0n) is 11.4. The summed E-state index contributed by atoms with van der Waals surface area (Å²) in [5.41, 5.74) is 1.93. The highest BCUT2D eigenvalue weighted by Crippen LogP contribution is 2.30. The second kappa shape index (κ2) is 4.86. The molecule has 0 radical (unpaired) electrons. The number of anilines is 1. The molecule has 2 heterocycles. The fourth-order valence-corrected chi connectivity index (χ4v) is 5.05. The molecule has 2 unspecified atom stereocenters. The summed E-state index contributed by atoms with van der Waals surface area (Å²) >= 11 is 0. The molecular formula is C14H18N2O3S. The van der Waals surface area contributed by atoms with Crippen molar-refractivity contribution in [2.24, 2.45) is 0 Å². The number of hydrogen-bond acceptors (Lipinski definition) is 4. The summed E-state index contributed by atoms with van der Waals surface area (Å²) in [4.78, 5) is 14.0. The maximum absolute atomic E-state index is 12.3. The molecule has 2 aliphatic rings. The summed E-state index contributed by atoms with van der Waals surface area (Å²) in [6.07, 6.45) is 0.817. The van der Waals surface area contributed by atoms with Crippen molar-refractivity contribution in [3.63, 3.8) is 0 Å². The van der Waals surface area contributed by atoms with Gasteiger partial charge in [-0.3, -0.25) is 4.79 Å². The van der Waals surface area contributed by atoms with Crippen molar-refractivity contribution in [2.75, 3.05) is 23.0 Å². The predicted octanol–water partition coefficient (Wildman–Crippen LogP) is 0.351. The van der Waals surface area contributed by atoms with Gasteiger partial charge in [-0.15, -0.1) is 0 Å². The number of sulfone groups is 1. The first-order valence-corrected chi connectivity index (χ1v) is 8.68. The third-order valence-corrected chi connectivity index (χ3v) is 5.79. The largest absolute Gasteiger partial charge is 0.305 e. The van der Waals surface area contributed by atoms with E-state index in [9.17, 15) is 13.2 Å². The Hall–Kier alpha value is -1.40. The van der Waals surface area contributed by atoms with E-state index in [1.807, 2.05) is 31.2 Å². The van der Waals surface area contributed by atoms with Crippen LogP contribution in [0.15, 0.2) is 24.3 Å². The second-order valence-electron chi connectivity index (χ2n) is 5.38. The van der Waals surface area contributed by atoms with Crippen molar-refractivity contribution in [3.05, 3.63) is 29.8 Å². The van der Waals surface area contributed by atoms with Crippen molar-refractivity contribution >= 4 is 21.4 Å². The van der Waals surface area contributed by atoms with Crippen LogP contribution in [0.3, 0.4) is 0 Å². The standard InChI is InChI=1S/C14H18N2O3S/c1-2-10-5-3-4-6-12(10)16-13-9-20(18,19)8-11(13)15-7-14(16)17/h3-6,11,13,15H,2,7-9H2,1H3. The Morgan fingerprint density at radius 3 is 2.80 bits per heavy atom. The van der Waals surface area contributed by atoms with Gasteiger partial charge in [0.05, 0.1) is 24.1 Å². The maximum atomic E-state index is 12.3. The highest BCUT2D eigenvalue weighted by atomic mass is 32.2. The highest BCUT2D eigenvalue weighted by Gasteiger charge is 2.46. The Balaban J connectivity index is 2.04. The smallest absolute Gasteiger partial charge is 0.241 e. The number of nitrogens with zero attached hydrogens (tertiary/aromatic N) is 1. The number of piperazine rings is 1. The van der Waals surface area contributed by atoms with Crippen molar-refractivity contribution < 1.29 is 13.2 Å². The summed E-state index contributed by atoms with van der Waals surface area (Å²) < 4.78 is 23.7. The zero-order valence-corrected chi connectivity index (χ0v) is 12.2. The predicted molar refractivity (Wildman–Crippen MR) is 77.5 cm³/mol. The molecule has 5 nitrogen and oxygen atoms in total. The van der Waals surface area contributed by atoms with Gasteiger partial charge in [-0.2, -0.15) is 0 Å². The van der Waals surface area contributed by atoms with Crippen LogP contribution < -0.4 is 10.2 Å². The molecule has 0 aliphatic carbocycles. The molecule has 2 aliphatic heterocycles. The molecule has 0 spiro atoms. The first-order chi connectivity index (χ1) is 9.52. The van der Waals surface area contributed by atoms with Crippen LogP contribution in [0.1, 0.15) is 12.5 Å². The molecule has 108 valence electrons. The number of carbonyl (C=O) groups is 1. The molecule has 6 heteroatoms. The lowest BCUT2D eigenvalue weighted by atomic mass is 10.0. The molecule has 0 aromatic heterocycles. The van der Waals surface area contributed by atoms with Crippen LogP contribution >= 0.6 is 0 Å². The maximum Gasteiger partial charge on any atom is 0.241 e. The topological polar surface area (TPSA) is 66.5 Å². The molecule has 2 fully saturated rings. The third kappa shape index (κ3) is 2.23. The van der Waals surface area contributed by atoms with Gasteiger partial charge in [0.15, 0.2) is 9.84 Å². The van der Waals surface area contributed by atoms with E-state index >= 15 is 0 Å². The van der Waals surface area contributed by atoms with Crippen LogP contribution in [-0.4, -0.2) is 44.5 Å². The van der Waals surface area contributed by atoms with E-state index in [2.05, 4.69) is 5.32 Å². The number of aryl methyl sites for hydroxylation is 1. The lowest BCUT2D eigenvalue weighted by Crippen LogP contribution is -2.60.